The molecule has 0 saturated heterocycles. The lowest BCUT2D eigenvalue weighted by Gasteiger charge is -2.09. The predicted molar refractivity (Wildman–Crippen MR) is 86.7 cm³/mol. The van der Waals surface area contributed by atoms with Gasteiger partial charge in [0.15, 0.2) is 0 Å². The Morgan fingerprint density at radius 3 is 2.39 bits per heavy atom. The molecule has 3 N–H and O–H groups in total. The molecule has 23 heavy (non-hydrogen) atoms. The Balaban J connectivity index is 1.96. The summed E-state index contributed by atoms with van der Waals surface area (Å²) >= 11 is 0. The van der Waals surface area contributed by atoms with E-state index in [1.165, 1.54) is 0 Å². The molecule has 0 aliphatic rings. The number of ether oxygens (including phenoxy) is 1. The molecule has 0 fully saturated rings. The number of hydrogen-bond donors (Lipinski definition) is 2. The number of nitrogens with two attached hydrogens (primary N) is 1. The average Bonchev–Trinajstić information content (AvgIpc) is 2.99. The average molecular weight is 310 g/mol. The first kappa shape index (κ1) is 15.1. The van der Waals surface area contributed by atoms with Crippen molar-refractivity contribution >= 4 is 0 Å². The van der Waals surface area contributed by atoms with Gasteiger partial charge in [-0.25, -0.2) is 4.68 Å². The first-order valence-electron chi connectivity index (χ1n) is 7.27. The van der Waals surface area contributed by atoms with E-state index in [1.54, 1.807) is 36.1 Å². The number of rotatable bonds is 5. The fourth-order valence-corrected chi connectivity index (χ4v) is 2.41. The van der Waals surface area contributed by atoms with Crippen LogP contribution in [0.3, 0.4) is 0 Å². The quantitative estimate of drug-likeness (QED) is 0.753. The highest BCUT2D eigenvalue weighted by Gasteiger charge is 2.14. The van der Waals surface area contributed by atoms with Crippen LogP contribution in [-0.2, 0) is 13.0 Å². The van der Waals surface area contributed by atoms with E-state index in [-0.39, 0.29) is 5.75 Å². The highest BCUT2D eigenvalue weighted by Crippen LogP contribution is 2.20. The van der Waals surface area contributed by atoms with Gasteiger partial charge in [-0.15, -0.1) is 5.10 Å². The molecule has 0 bridgehead atoms. The summed E-state index contributed by atoms with van der Waals surface area (Å²) < 4.78 is 6.94. The lowest BCUT2D eigenvalue weighted by atomic mass is 10.1. The van der Waals surface area contributed by atoms with Crippen molar-refractivity contribution in [3.63, 3.8) is 0 Å². The molecule has 3 rings (SSSR count). The lowest BCUT2D eigenvalue weighted by molar-refractivity contribution is 0.414. The van der Waals surface area contributed by atoms with Gasteiger partial charge in [0, 0.05) is 13.0 Å². The van der Waals surface area contributed by atoms with Crippen LogP contribution in [0.25, 0.3) is 5.69 Å². The van der Waals surface area contributed by atoms with E-state index in [2.05, 4.69) is 10.3 Å². The number of methoxy groups -OCH3 is 1. The monoisotopic (exact) mass is 310 g/mol. The Labute approximate surface area is 134 Å². The minimum Gasteiger partial charge on any atom is -0.508 e. The molecule has 0 saturated carbocycles. The van der Waals surface area contributed by atoms with E-state index in [4.69, 9.17) is 10.5 Å². The van der Waals surface area contributed by atoms with E-state index in [1.807, 2.05) is 24.3 Å². The number of phenolic OH excluding ortho intramolecular Hbond substituents is 1. The Bertz CT molecular complexity index is 779. The summed E-state index contributed by atoms with van der Waals surface area (Å²) in [6.45, 7) is 0.323. The number of hydrogen-bond acceptors (Lipinski definition) is 5. The maximum Gasteiger partial charge on any atom is 0.118 e. The van der Waals surface area contributed by atoms with Crippen molar-refractivity contribution in [2.45, 2.75) is 13.0 Å². The van der Waals surface area contributed by atoms with Gasteiger partial charge in [-0.1, -0.05) is 17.3 Å². The summed E-state index contributed by atoms with van der Waals surface area (Å²) in [6.07, 6.45) is 0.657. The molecule has 0 radical (unpaired) electrons. The SMILES string of the molecule is COc1ccc(Cc2c(CN)nnn2-c2ccc(O)cc2)cc1. The maximum absolute atomic E-state index is 9.43. The zero-order valence-electron chi connectivity index (χ0n) is 12.8. The zero-order chi connectivity index (χ0) is 16.2. The molecular formula is C17H18N4O2. The van der Waals surface area contributed by atoms with E-state index < -0.39 is 0 Å². The molecule has 1 heterocycles. The van der Waals surface area contributed by atoms with E-state index in [0.717, 1.165) is 28.4 Å². The van der Waals surface area contributed by atoms with Gasteiger partial charge < -0.3 is 15.6 Å². The molecule has 6 nitrogen and oxygen atoms in total. The highest BCUT2D eigenvalue weighted by atomic mass is 16.5. The Kier molecular flexibility index (Phi) is 4.25. The molecule has 0 aliphatic heterocycles. The van der Waals surface area contributed by atoms with Crippen molar-refractivity contribution in [2.24, 2.45) is 5.73 Å². The van der Waals surface area contributed by atoms with Gasteiger partial charge in [-0.2, -0.15) is 0 Å². The van der Waals surface area contributed by atoms with Gasteiger partial charge in [-0.3, -0.25) is 0 Å². The molecule has 1 aromatic heterocycles. The number of nitrogens with zero attached hydrogens (tertiary/aromatic N) is 3. The zero-order valence-corrected chi connectivity index (χ0v) is 12.8. The molecule has 6 heteroatoms. The second-order valence-corrected chi connectivity index (χ2v) is 5.14. The van der Waals surface area contributed by atoms with Gasteiger partial charge in [-0.05, 0) is 42.0 Å². The van der Waals surface area contributed by atoms with Crippen LogP contribution < -0.4 is 10.5 Å². The van der Waals surface area contributed by atoms with Crippen molar-refractivity contribution in [3.05, 3.63) is 65.5 Å². The van der Waals surface area contributed by atoms with Crippen LogP contribution in [-0.4, -0.2) is 27.2 Å². The molecule has 2 aromatic carbocycles. The van der Waals surface area contributed by atoms with E-state index in [0.29, 0.717) is 13.0 Å². The summed E-state index contributed by atoms with van der Waals surface area (Å²) in [5, 5.41) is 17.8. The molecule has 118 valence electrons. The maximum atomic E-state index is 9.43. The van der Waals surface area contributed by atoms with Crippen molar-refractivity contribution in [2.75, 3.05) is 7.11 Å². The number of benzene rings is 2. The van der Waals surface area contributed by atoms with Gasteiger partial charge >= 0.3 is 0 Å². The number of aromatic hydroxyl groups is 1. The minimum absolute atomic E-state index is 0.213. The standard InChI is InChI=1S/C17H18N4O2/c1-23-15-8-2-12(3-9-15)10-17-16(11-18)19-20-21(17)13-4-6-14(22)7-5-13/h2-9,22H,10-11,18H2,1H3. The smallest absolute Gasteiger partial charge is 0.118 e. The van der Waals surface area contributed by atoms with Gasteiger partial charge in [0.2, 0.25) is 0 Å². The minimum atomic E-state index is 0.213. The van der Waals surface area contributed by atoms with Crippen molar-refractivity contribution in [3.8, 4) is 17.2 Å². The van der Waals surface area contributed by atoms with Crippen LogP contribution in [0.2, 0.25) is 0 Å². The summed E-state index contributed by atoms with van der Waals surface area (Å²) in [4.78, 5) is 0. The molecule has 0 atom stereocenters. The summed E-state index contributed by atoms with van der Waals surface area (Å²) in [7, 11) is 1.64. The van der Waals surface area contributed by atoms with Crippen LogP contribution in [0.4, 0.5) is 0 Å². The fourth-order valence-electron chi connectivity index (χ4n) is 2.41. The molecule has 0 spiro atoms. The van der Waals surface area contributed by atoms with Crippen LogP contribution in [0, 0.1) is 0 Å². The van der Waals surface area contributed by atoms with Gasteiger partial charge in [0.05, 0.1) is 18.5 Å². The van der Waals surface area contributed by atoms with Crippen LogP contribution in [0.5, 0.6) is 11.5 Å². The summed E-state index contributed by atoms with van der Waals surface area (Å²) in [6, 6.07) is 14.7. The largest absolute Gasteiger partial charge is 0.508 e. The van der Waals surface area contributed by atoms with Crippen molar-refractivity contribution in [1.82, 2.24) is 15.0 Å². The van der Waals surface area contributed by atoms with Crippen molar-refractivity contribution in [1.29, 1.82) is 0 Å². The highest BCUT2D eigenvalue weighted by molar-refractivity contribution is 5.39. The normalized spacial score (nSPS) is 10.7. The third-order valence-electron chi connectivity index (χ3n) is 3.66. The van der Waals surface area contributed by atoms with E-state index in [9.17, 15) is 5.11 Å². The Morgan fingerprint density at radius 2 is 1.78 bits per heavy atom. The van der Waals surface area contributed by atoms with Crippen LogP contribution >= 0.6 is 0 Å². The fraction of sp³-hybridized carbons (Fsp3) is 0.176. The molecule has 0 amide bonds. The molecule has 0 unspecified atom stereocenters. The van der Waals surface area contributed by atoms with Gasteiger partial charge in [0.1, 0.15) is 17.2 Å². The van der Waals surface area contributed by atoms with Crippen molar-refractivity contribution < 1.29 is 9.84 Å². The second kappa shape index (κ2) is 6.50. The van der Waals surface area contributed by atoms with Crippen LogP contribution in [0.15, 0.2) is 48.5 Å². The molecule has 0 aliphatic carbocycles. The predicted octanol–water partition coefficient (Wildman–Crippen LogP) is 2.03. The number of aromatic nitrogens is 3. The number of phenols is 1. The molecular weight excluding hydrogens is 292 g/mol. The topological polar surface area (TPSA) is 86.2 Å². The third-order valence-corrected chi connectivity index (χ3v) is 3.66. The van der Waals surface area contributed by atoms with E-state index >= 15 is 0 Å². The summed E-state index contributed by atoms with van der Waals surface area (Å²) in [5.74, 6) is 1.03. The Morgan fingerprint density at radius 1 is 1.09 bits per heavy atom. The summed E-state index contributed by atoms with van der Waals surface area (Å²) in [5.41, 5.74) is 9.43. The first-order chi connectivity index (χ1) is 11.2. The second-order valence-electron chi connectivity index (χ2n) is 5.14. The lowest BCUT2D eigenvalue weighted by Crippen LogP contribution is -2.07. The molecule has 3 aromatic rings. The first-order valence-corrected chi connectivity index (χ1v) is 7.27. The van der Waals surface area contributed by atoms with Gasteiger partial charge in [0.25, 0.3) is 0 Å². The Hall–Kier alpha value is -2.86. The third kappa shape index (κ3) is 3.17. The van der Waals surface area contributed by atoms with Crippen LogP contribution in [0.1, 0.15) is 17.0 Å².